The van der Waals surface area contributed by atoms with Crippen molar-refractivity contribution in [1.82, 2.24) is 0 Å². The summed E-state index contributed by atoms with van der Waals surface area (Å²) >= 11 is 16.0. The van der Waals surface area contributed by atoms with Gasteiger partial charge in [-0.05, 0) is 75.6 Å². The second kappa shape index (κ2) is 12.7. The van der Waals surface area contributed by atoms with Gasteiger partial charge in [-0.1, -0.05) is 89.9 Å². The van der Waals surface area contributed by atoms with Crippen LogP contribution in [0, 0.1) is 0 Å². The van der Waals surface area contributed by atoms with Gasteiger partial charge >= 0.3 is 0 Å². The summed E-state index contributed by atoms with van der Waals surface area (Å²) in [6.45, 7) is 0.839. The fraction of sp³-hybridized carbons (Fsp3) is 0.114. The minimum atomic E-state index is -0.487. The zero-order valence-corrected chi connectivity index (χ0v) is 26.3. The Morgan fingerprint density at radius 2 is 1.49 bits per heavy atom. The normalized spacial score (nSPS) is 14.4. The average Bonchev–Trinajstić information content (AvgIpc) is 3.03. The smallest absolute Gasteiger partial charge is 0.262 e. The second-order valence-corrected chi connectivity index (χ2v) is 11.8. The molecule has 1 aliphatic rings. The van der Waals surface area contributed by atoms with Crippen LogP contribution in [0.3, 0.4) is 0 Å². The highest BCUT2D eigenvalue weighted by Crippen LogP contribution is 2.46. The Kier molecular flexibility index (Phi) is 8.61. The first-order chi connectivity index (χ1) is 20.9. The predicted octanol–water partition coefficient (Wildman–Crippen LogP) is 9.71. The monoisotopic (exact) mass is 672 g/mol. The molecule has 216 valence electrons. The van der Waals surface area contributed by atoms with Crippen molar-refractivity contribution in [2.24, 2.45) is 0 Å². The van der Waals surface area contributed by atoms with Gasteiger partial charge in [-0.15, -0.1) is 0 Å². The number of ether oxygens (including phenoxy) is 2. The zero-order chi connectivity index (χ0) is 29.9. The molecule has 43 heavy (non-hydrogen) atoms. The van der Waals surface area contributed by atoms with Crippen LogP contribution < -0.4 is 19.3 Å². The number of benzene rings is 5. The molecule has 0 N–H and O–H groups in total. The largest absolute Gasteiger partial charge is 0.493 e. The summed E-state index contributed by atoms with van der Waals surface area (Å²) in [5.41, 5.74) is 5.14. The van der Waals surface area contributed by atoms with E-state index in [0.29, 0.717) is 38.1 Å². The Balaban J connectivity index is 1.46. The van der Waals surface area contributed by atoms with E-state index in [4.69, 9.17) is 32.7 Å². The summed E-state index contributed by atoms with van der Waals surface area (Å²) in [5.74, 6) is 0.996. The van der Waals surface area contributed by atoms with E-state index in [2.05, 4.69) is 33.0 Å². The summed E-state index contributed by atoms with van der Waals surface area (Å²) in [6.07, 6.45) is -0.487. The number of amides is 1. The fourth-order valence-electron chi connectivity index (χ4n) is 5.36. The number of carbonyl (C=O) groups excluding carboxylic acids is 1. The lowest BCUT2D eigenvalue weighted by Gasteiger charge is -2.46. The number of para-hydroxylation sites is 2. The second-order valence-electron chi connectivity index (χ2n) is 10.1. The number of nitrogens with zero attached hydrogens (tertiary/aromatic N) is 2. The predicted molar refractivity (Wildman–Crippen MR) is 177 cm³/mol. The Bertz CT molecular complexity index is 1770. The molecule has 0 spiro atoms. The molecule has 8 heteroatoms. The highest BCUT2D eigenvalue weighted by atomic mass is 79.9. The molecule has 5 aromatic carbocycles. The number of halogens is 3. The first-order valence-electron chi connectivity index (χ1n) is 13.7. The van der Waals surface area contributed by atoms with Gasteiger partial charge in [-0.25, -0.2) is 0 Å². The van der Waals surface area contributed by atoms with Crippen LogP contribution >= 0.6 is 39.1 Å². The van der Waals surface area contributed by atoms with Crippen molar-refractivity contribution >= 4 is 56.4 Å². The molecular weight excluding hydrogens is 647 g/mol. The minimum Gasteiger partial charge on any atom is -0.493 e. The Hall–Kier alpha value is -3.97. The maximum Gasteiger partial charge on any atom is 0.262 e. The van der Waals surface area contributed by atoms with Gasteiger partial charge < -0.3 is 14.4 Å². The molecule has 0 aliphatic carbocycles. The van der Waals surface area contributed by atoms with E-state index in [1.54, 1.807) is 19.2 Å². The molecule has 0 bridgehead atoms. The highest BCUT2D eigenvalue weighted by molar-refractivity contribution is 9.10. The van der Waals surface area contributed by atoms with Crippen molar-refractivity contribution in [2.45, 2.75) is 19.3 Å². The third-order valence-electron chi connectivity index (χ3n) is 7.35. The van der Waals surface area contributed by atoms with Crippen LogP contribution in [-0.4, -0.2) is 13.0 Å². The van der Waals surface area contributed by atoms with E-state index in [9.17, 15) is 4.79 Å². The SMILES string of the molecule is COc1cc([C@@H]2N(Cc3ccccc3)c3ccccc3C(=O)N2c2ccccc2)cc(Br)c1OCc1ccc(Cl)c(Cl)c1. The summed E-state index contributed by atoms with van der Waals surface area (Å²) in [7, 11) is 1.61. The first-order valence-corrected chi connectivity index (χ1v) is 15.2. The van der Waals surface area contributed by atoms with Gasteiger partial charge in [0.1, 0.15) is 12.8 Å². The molecule has 0 saturated carbocycles. The molecule has 1 aliphatic heterocycles. The number of hydrogen-bond donors (Lipinski definition) is 0. The lowest BCUT2D eigenvalue weighted by Crippen LogP contribution is -2.49. The van der Waals surface area contributed by atoms with E-state index >= 15 is 0 Å². The lowest BCUT2D eigenvalue weighted by atomic mass is 9.98. The van der Waals surface area contributed by atoms with E-state index in [-0.39, 0.29) is 12.5 Å². The van der Waals surface area contributed by atoms with Gasteiger partial charge in [-0.2, -0.15) is 0 Å². The topological polar surface area (TPSA) is 42.0 Å². The van der Waals surface area contributed by atoms with Crippen molar-refractivity contribution in [3.8, 4) is 11.5 Å². The van der Waals surface area contributed by atoms with Crippen LogP contribution in [0.15, 0.2) is 120 Å². The maximum atomic E-state index is 14.2. The molecule has 5 nitrogen and oxygen atoms in total. The number of methoxy groups -OCH3 is 1. The number of rotatable bonds is 8. The van der Waals surface area contributed by atoms with Crippen molar-refractivity contribution in [3.05, 3.63) is 152 Å². The van der Waals surface area contributed by atoms with Crippen LogP contribution in [0.1, 0.15) is 33.2 Å². The molecule has 0 fully saturated rings. The van der Waals surface area contributed by atoms with E-state index in [1.165, 1.54) is 0 Å². The van der Waals surface area contributed by atoms with Crippen LogP contribution in [0.25, 0.3) is 0 Å². The van der Waals surface area contributed by atoms with Crippen molar-refractivity contribution in [2.75, 3.05) is 16.9 Å². The first kappa shape index (κ1) is 29.1. The molecule has 5 aromatic rings. The number of anilines is 2. The van der Waals surface area contributed by atoms with Crippen molar-refractivity contribution < 1.29 is 14.3 Å². The van der Waals surface area contributed by atoms with Gasteiger partial charge in [-0.3, -0.25) is 9.69 Å². The van der Waals surface area contributed by atoms with Crippen molar-refractivity contribution in [1.29, 1.82) is 0 Å². The average molecular weight is 674 g/mol. The molecule has 1 atom stereocenters. The third kappa shape index (κ3) is 5.96. The van der Waals surface area contributed by atoms with Gasteiger partial charge in [0.25, 0.3) is 5.91 Å². The fourth-order valence-corrected chi connectivity index (χ4v) is 6.25. The molecule has 1 heterocycles. The Morgan fingerprint density at radius 1 is 0.791 bits per heavy atom. The van der Waals surface area contributed by atoms with Crippen LogP contribution in [0.5, 0.6) is 11.5 Å². The molecule has 0 unspecified atom stereocenters. The Morgan fingerprint density at radius 3 is 2.21 bits per heavy atom. The molecule has 1 amide bonds. The zero-order valence-electron chi connectivity index (χ0n) is 23.2. The molecule has 6 rings (SSSR count). The third-order valence-corrected chi connectivity index (χ3v) is 8.68. The standard InChI is InChI=1S/C35H27BrCl2N2O3/c1-42-32-20-25(19-28(36)33(32)43-22-24-16-17-29(37)30(38)18-24)34-39(21-23-10-4-2-5-11-23)31-15-9-8-14-27(31)35(41)40(34)26-12-6-3-7-13-26/h2-20,34H,21-22H2,1H3/t34-/m1/s1. The van der Waals surface area contributed by atoms with E-state index in [1.807, 2.05) is 95.9 Å². The summed E-state index contributed by atoms with van der Waals surface area (Å²) in [4.78, 5) is 18.3. The van der Waals surface area contributed by atoms with Crippen LogP contribution in [0.4, 0.5) is 11.4 Å². The molecule has 0 saturated heterocycles. The van der Waals surface area contributed by atoms with Gasteiger partial charge in [0, 0.05) is 17.8 Å². The molecule has 0 aromatic heterocycles. The summed E-state index contributed by atoms with van der Waals surface area (Å²) in [5, 5.41) is 0.950. The highest BCUT2D eigenvalue weighted by Gasteiger charge is 2.40. The van der Waals surface area contributed by atoms with Gasteiger partial charge in [0.15, 0.2) is 11.5 Å². The maximum absolute atomic E-state index is 14.2. The summed E-state index contributed by atoms with van der Waals surface area (Å²) < 4.78 is 12.8. The van der Waals surface area contributed by atoms with Gasteiger partial charge in [0.2, 0.25) is 0 Å². The van der Waals surface area contributed by atoms with Crippen LogP contribution in [-0.2, 0) is 13.2 Å². The van der Waals surface area contributed by atoms with E-state index in [0.717, 1.165) is 28.1 Å². The number of fused-ring (bicyclic) bond motifs is 1. The molecule has 0 radical (unpaired) electrons. The molecular formula is C35H27BrCl2N2O3. The number of hydrogen-bond acceptors (Lipinski definition) is 4. The minimum absolute atomic E-state index is 0.0776. The Labute approximate surface area is 269 Å². The number of carbonyl (C=O) groups is 1. The van der Waals surface area contributed by atoms with Gasteiger partial charge in [0.05, 0.1) is 32.9 Å². The van der Waals surface area contributed by atoms with Crippen LogP contribution in [0.2, 0.25) is 10.0 Å². The summed E-state index contributed by atoms with van der Waals surface area (Å²) in [6, 6.07) is 37.1. The quantitative estimate of drug-likeness (QED) is 0.164. The lowest BCUT2D eigenvalue weighted by molar-refractivity contribution is 0.0968. The van der Waals surface area contributed by atoms with E-state index < -0.39 is 6.17 Å². The van der Waals surface area contributed by atoms with Crippen molar-refractivity contribution in [3.63, 3.8) is 0 Å².